The molecule has 0 atom stereocenters. The lowest BCUT2D eigenvalue weighted by Crippen LogP contribution is -2.31. The Morgan fingerprint density at radius 1 is 1.17 bits per heavy atom. The van der Waals surface area contributed by atoms with Gasteiger partial charge in [-0.25, -0.2) is 4.98 Å². The van der Waals surface area contributed by atoms with Gasteiger partial charge in [-0.15, -0.1) is 0 Å². The minimum absolute atomic E-state index is 0.825. The molecule has 2 aromatic rings. The number of rotatable bonds is 1. The van der Waals surface area contributed by atoms with E-state index in [2.05, 4.69) is 22.6 Å². The van der Waals surface area contributed by atoms with Crippen molar-refractivity contribution in [2.75, 3.05) is 23.7 Å². The van der Waals surface area contributed by atoms with Crippen LogP contribution < -0.4 is 10.6 Å². The van der Waals surface area contributed by atoms with E-state index in [0.717, 1.165) is 35.8 Å². The molecule has 0 radical (unpaired) electrons. The molecule has 0 saturated carbocycles. The zero-order valence-corrected chi connectivity index (χ0v) is 11.1. The first-order valence-electron chi connectivity index (χ1n) is 6.65. The number of aromatic nitrogens is 2. The molecule has 3 rings (SSSR count). The van der Waals surface area contributed by atoms with Gasteiger partial charge in [-0.1, -0.05) is 0 Å². The van der Waals surface area contributed by atoms with Crippen molar-refractivity contribution in [1.29, 1.82) is 0 Å². The number of hydrogen-bond donors (Lipinski definition) is 1. The number of nitrogens with two attached hydrogens (primary N) is 1. The molecular weight excluding hydrogens is 224 g/mol. The molecule has 4 nitrogen and oxygen atoms in total. The van der Waals surface area contributed by atoms with Crippen LogP contribution in [0.25, 0.3) is 11.0 Å². The summed E-state index contributed by atoms with van der Waals surface area (Å²) in [5.74, 6) is 1.08. The number of nitrogen functional groups attached to an aromatic ring is 1. The van der Waals surface area contributed by atoms with Gasteiger partial charge < -0.3 is 15.2 Å². The quantitative estimate of drug-likeness (QED) is 0.784. The number of nitrogens with zero attached hydrogens (tertiary/aromatic N) is 3. The third-order valence-corrected chi connectivity index (χ3v) is 3.96. The van der Waals surface area contributed by atoms with Crippen LogP contribution >= 0.6 is 0 Å². The molecule has 1 aromatic heterocycles. The fourth-order valence-electron chi connectivity index (χ4n) is 2.77. The second-order valence-electron chi connectivity index (χ2n) is 5.17. The van der Waals surface area contributed by atoms with E-state index in [9.17, 15) is 0 Å². The molecule has 0 amide bonds. The van der Waals surface area contributed by atoms with Crippen molar-refractivity contribution in [3.63, 3.8) is 0 Å². The monoisotopic (exact) mass is 244 g/mol. The van der Waals surface area contributed by atoms with Crippen LogP contribution in [0.4, 0.5) is 11.6 Å². The van der Waals surface area contributed by atoms with Crippen molar-refractivity contribution in [2.45, 2.75) is 26.2 Å². The average Bonchev–Trinajstić information content (AvgIpc) is 2.73. The molecule has 1 aliphatic rings. The number of fused-ring (bicyclic) bond motifs is 1. The lowest BCUT2D eigenvalue weighted by atomic mass is 10.1. The van der Waals surface area contributed by atoms with Gasteiger partial charge in [0.25, 0.3) is 0 Å². The SMILES string of the molecule is Cc1c(N)ccc2c1nc(N1CCCCC1)n2C. The summed E-state index contributed by atoms with van der Waals surface area (Å²) in [4.78, 5) is 7.19. The van der Waals surface area contributed by atoms with Crippen molar-refractivity contribution in [2.24, 2.45) is 7.05 Å². The van der Waals surface area contributed by atoms with E-state index >= 15 is 0 Å². The first kappa shape index (κ1) is 11.4. The number of hydrogen-bond acceptors (Lipinski definition) is 3. The minimum Gasteiger partial charge on any atom is -0.398 e. The molecule has 1 aliphatic heterocycles. The summed E-state index contributed by atoms with van der Waals surface area (Å²) in [7, 11) is 2.09. The predicted molar refractivity (Wildman–Crippen MR) is 75.9 cm³/mol. The van der Waals surface area contributed by atoms with Crippen LogP contribution in [0.3, 0.4) is 0 Å². The molecule has 1 saturated heterocycles. The second kappa shape index (κ2) is 4.19. The molecular formula is C14H20N4. The van der Waals surface area contributed by atoms with Crippen LogP contribution in [0, 0.1) is 6.92 Å². The summed E-state index contributed by atoms with van der Waals surface area (Å²) in [6, 6.07) is 4.04. The van der Waals surface area contributed by atoms with E-state index < -0.39 is 0 Å². The molecule has 1 aromatic carbocycles. The van der Waals surface area contributed by atoms with Gasteiger partial charge in [-0.3, -0.25) is 0 Å². The van der Waals surface area contributed by atoms with Gasteiger partial charge >= 0.3 is 0 Å². The highest BCUT2D eigenvalue weighted by atomic mass is 15.3. The van der Waals surface area contributed by atoms with Crippen molar-refractivity contribution in [3.8, 4) is 0 Å². The second-order valence-corrected chi connectivity index (χ2v) is 5.17. The Balaban J connectivity index is 2.13. The van der Waals surface area contributed by atoms with Crippen LogP contribution in [0.15, 0.2) is 12.1 Å². The summed E-state index contributed by atoms with van der Waals surface area (Å²) in [6.07, 6.45) is 3.88. The molecule has 1 fully saturated rings. The molecule has 2 heterocycles. The fraction of sp³-hybridized carbons (Fsp3) is 0.500. The van der Waals surface area contributed by atoms with Crippen LogP contribution in [0.2, 0.25) is 0 Å². The van der Waals surface area contributed by atoms with E-state index in [1.54, 1.807) is 0 Å². The number of piperidine rings is 1. The fourth-order valence-corrected chi connectivity index (χ4v) is 2.77. The van der Waals surface area contributed by atoms with E-state index in [0.29, 0.717) is 0 Å². The van der Waals surface area contributed by atoms with Gasteiger partial charge in [0.05, 0.1) is 11.0 Å². The van der Waals surface area contributed by atoms with Crippen LogP contribution in [-0.2, 0) is 7.05 Å². The summed E-state index contributed by atoms with van der Waals surface area (Å²) in [5.41, 5.74) is 10.1. The number of anilines is 2. The first-order valence-corrected chi connectivity index (χ1v) is 6.65. The summed E-state index contributed by atoms with van der Waals surface area (Å²) < 4.78 is 2.19. The highest BCUT2D eigenvalue weighted by molar-refractivity contribution is 5.86. The van der Waals surface area contributed by atoms with Gasteiger partial charge in [0.1, 0.15) is 0 Å². The molecule has 0 unspecified atom stereocenters. The normalized spacial score (nSPS) is 16.4. The number of imidazole rings is 1. The standard InChI is InChI=1S/C14H20N4/c1-10-11(15)6-7-12-13(10)16-14(17(12)2)18-8-4-3-5-9-18/h6-7H,3-5,8-9,15H2,1-2H3. The molecule has 4 heteroatoms. The Kier molecular flexibility index (Phi) is 2.65. The van der Waals surface area contributed by atoms with Gasteiger partial charge in [0.2, 0.25) is 5.95 Å². The zero-order chi connectivity index (χ0) is 12.7. The van der Waals surface area contributed by atoms with Crippen LogP contribution in [0.5, 0.6) is 0 Å². The Hall–Kier alpha value is -1.71. The minimum atomic E-state index is 0.825. The Labute approximate surface area is 107 Å². The average molecular weight is 244 g/mol. The predicted octanol–water partition coefficient (Wildman–Crippen LogP) is 2.45. The maximum Gasteiger partial charge on any atom is 0.206 e. The van der Waals surface area contributed by atoms with Gasteiger partial charge in [-0.2, -0.15) is 0 Å². The van der Waals surface area contributed by atoms with Crippen molar-refractivity contribution in [3.05, 3.63) is 17.7 Å². The smallest absolute Gasteiger partial charge is 0.206 e. The molecule has 0 bridgehead atoms. The van der Waals surface area contributed by atoms with E-state index in [1.807, 2.05) is 13.0 Å². The topological polar surface area (TPSA) is 47.1 Å². The van der Waals surface area contributed by atoms with Crippen LogP contribution in [0.1, 0.15) is 24.8 Å². The van der Waals surface area contributed by atoms with E-state index in [-0.39, 0.29) is 0 Å². The third kappa shape index (κ3) is 1.64. The van der Waals surface area contributed by atoms with Crippen molar-refractivity contribution >= 4 is 22.7 Å². The van der Waals surface area contributed by atoms with Crippen molar-refractivity contribution in [1.82, 2.24) is 9.55 Å². The third-order valence-electron chi connectivity index (χ3n) is 3.96. The highest BCUT2D eigenvalue weighted by Crippen LogP contribution is 2.28. The Morgan fingerprint density at radius 3 is 2.61 bits per heavy atom. The lowest BCUT2D eigenvalue weighted by molar-refractivity contribution is 0.563. The Morgan fingerprint density at radius 2 is 1.89 bits per heavy atom. The molecule has 0 aliphatic carbocycles. The van der Waals surface area contributed by atoms with Gasteiger partial charge in [0.15, 0.2) is 0 Å². The Bertz CT molecular complexity index is 579. The van der Waals surface area contributed by atoms with Gasteiger partial charge in [-0.05, 0) is 43.9 Å². The maximum absolute atomic E-state index is 5.96. The zero-order valence-electron chi connectivity index (χ0n) is 11.1. The van der Waals surface area contributed by atoms with Crippen molar-refractivity contribution < 1.29 is 0 Å². The van der Waals surface area contributed by atoms with Crippen LogP contribution in [-0.4, -0.2) is 22.6 Å². The lowest BCUT2D eigenvalue weighted by Gasteiger charge is -2.27. The molecule has 96 valence electrons. The highest BCUT2D eigenvalue weighted by Gasteiger charge is 2.18. The summed E-state index contributed by atoms with van der Waals surface area (Å²) >= 11 is 0. The first-order chi connectivity index (χ1) is 8.68. The number of aryl methyl sites for hydroxylation is 2. The maximum atomic E-state index is 5.96. The summed E-state index contributed by atoms with van der Waals surface area (Å²) in [5, 5.41) is 0. The van der Waals surface area contributed by atoms with E-state index in [4.69, 9.17) is 10.7 Å². The summed E-state index contributed by atoms with van der Waals surface area (Å²) in [6.45, 7) is 4.28. The van der Waals surface area contributed by atoms with Gasteiger partial charge in [0, 0.05) is 25.8 Å². The molecule has 0 spiro atoms. The molecule has 2 N–H and O–H groups in total. The largest absolute Gasteiger partial charge is 0.398 e. The van der Waals surface area contributed by atoms with E-state index in [1.165, 1.54) is 24.8 Å². The number of benzene rings is 1. The molecule has 18 heavy (non-hydrogen) atoms.